The maximum Gasteiger partial charge on any atom is 0.112 e. The molecule has 0 saturated carbocycles. The van der Waals surface area contributed by atoms with Gasteiger partial charge in [0.2, 0.25) is 0 Å². The van der Waals surface area contributed by atoms with E-state index in [1.807, 2.05) is 16.8 Å². The quantitative estimate of drug-likeness (QED) is 0.719. The van der Waals surface area contributed by atoms with Crippen LogP contribution in [0, 0.1) is 0 Å². The minimum Gasteiger partial charge on any atom is -0.369 e. The van der Waals surface area contributed by atoms with Crippen molar-refractivity contribution in [1.82, 2.24) is 15.1 Å². The second-order valence-electron chi connectivity index (χ2n) is 3.29. The Hall–Kier alpha value is -1.13. The zero-order valence-electron chi connectivity index (χ0n) is 8.15. The molecule has 76 valence electrons. The number of hydrogen-bond acceptors (Lipinski definition) is 3. The first-order valence-electron chi connectivity index (χ1n) is 4.86. The number of ether oxygens (including phenoxy) is 1. The molecule has 4 nitrogen and oxygen atoms in total. The molecule has 0 aromatic carbocycles. The fraction of sp³-hybridized carbons (Fsp3) is 0.500. The summed E-state index contributed by atoms with van der Waals surface area (Å²) in [6.07, 6.45) is 3.77. The van der Waals surface area contributed by atoms with Crippen LogP contribution in [0.4, 0.5) is 0 Å². The third-order valence-electron chi connectivity index (χ3n) is 2.31. The zero-order valence-corrected chi connectivity index (χ0v) is 8.15. The third kappa shape index (κ3) is 1.86. The third-order valence-corrected chi connectivity index (χ3v) is 2.31. The Labute approximate surface area is 83.6 Å². The Morgan fingerprint density at radius 3 is 3.43 bits per heavy atom. The molecule has 0 amide bonds. The molecule has 1 N–H and O–H groups in total. The van der Waals surface area contributed by atoms with E-state index in [4.69, 9.17) is 4.74 Å². The molecule has 4 heteroatoms. The average molecular weight is 193 g/mol. The lowest BCUT2D eigenvalue weighted by molar-refractivity contribution is 0.0224. The van der Waals surface area contributed by atoms with Gasteiger partial charge in [0.1, 0.15) is 6.10 Å². The van der Waals surface area contributed by atoms with Crippen LogP contribution in [0.3, 0.4) is 0 Å². The van der Waals surface area contributed by atoms with Crippen molar-refractivity contribution in [3.8, 4) is 0 Å². The van der Waals surface area contributed by atoms with E-state index in [0.717, 1.165) is 31.9 Å². The summed E-state index contributed by atoms with van der Waals surface area (Å²) in [6.45, 7) is 7.01. The van der Waals surface area contributed by atoms with Crippen molar-refractivity contribution in [2.24, 2.45) is 0 Å². The number of nitrogens with one attached hydrogen (secondary N) is 1. The van der Waals surface area contributed by atoms with Gasteiger partial charge in [0.05, 0.1) is 18.8 Å². The van der Waals surface area contributed by atoms with E-state index in [0.29, 0.717) is 0 Å². The van der Waals surface area contributed by atoms with E-state index >= 15 is 0 Å². The molecule has 1 aromatic heterocycles. The van der Waals surface area contributed by atoms with Crippen LogP contribution in [0.25, 0.3) is 0 Å². The molecule has 1 atom stereocenters. The van der Waals surface area contributed by atoms with E-state index in [1.54, 1.807) is 6.20 Å². The molecule has 0 bridgehead atoms. The minimum atomic E-state index is 0.131. The second-order valence-corrected chi connectivity index (χ2v) is 3.29. The first-order chi connectivity index (χ1) is 6.92. The van der Waals surface area contributed by atoms with Crippen LogP contribution in [0.2, 0.25) is 0 Å². The molecule has 1 aromatic rings. The summed E-state index contributed by atoms with van der Waals surface area (Å²) in [5, 5.41) is 7.52. The summed E-state index contributed by atoms with van der Waals surface area (Å²) in [6, 6.07) is 2.00. The monoisotopic (exact) mass is 193 g/mol. The molecule has 0 spiro atoms. The van der Waals surface area contributed by atoms with Gasteiger partial charge in [0.25, 0.3) is 0 Å². The highest BCUT2D eigenvalue weighted by molar-refractivity contribution is 5.07. The molecule has 0 radical (unpaired) electrons. The highest BCUT2D eigenvalue weighted by Crippen LogP contribution is 2.17. The number of aromatic nitrogens is 2. The van der Waals surface area contributed by atoms with Gasteiger partial charge in [-0.05, 0) is 6.07 Å². The van der Waals surface area contributed by atoms with Crippen LogP contribution in [0.1, 0.15) is 11.8 Å². The molecule has 1 aliphatic heterocycles. The fourth-order valence-corrected chi connectivity index (χ4v) is 1.65. The number of nitrogens with zero attached hydrogens (tertiary/aromatic N) is 2. The normalized spacial score (nSPS) is 22.1. The lowest BCUT2D eigenvalue weighted by Crippen LogP contribution is -2.34. The lowest BCUT2D eigenvalue weighted by atomic mass is 10.2. The fourth-order valence-electron chi connectivity index (χ4n) is 1.65. The summed E-state index contributed by atoms with van der Waals surface area (Å²) in [5.74, 6) is 0. The highest BCUT2D eigenvalue weighted by Gasteiger charge is 2.18. The highest BCUT2D eigenvalue weighted by atomic mass is 16.5. The summed E-state index contributed by atoms with van der Waals surface area (Å²) in [5.41, 5.74) is 1.12. The van der Waals surface area contributed by atoms with Crippen molar-refractivity contribution in [1.29, 1.82) is 0 Å². The van der Waals surface area contributed by atoms with Gasteiger partial charge in [-0.2, -0.15) is 5.10 Å². The molecule has 0 aliphatic carbocycles. The predicted octanol–water partition coefficient (Wildman–Crippen LogP) is 0.730. The SMILES string of the molecule is C=CCn1nccc1C1CNCCO1. The maximum atomic E-state index is 5.65. The first kappa shape index (κ1) is 9.43. The molecular formula is C10H15N3O. The van der Waals surface area contributed by atoms with Gasteiger partial charge in [-0.15, -0.1) is 6.58 Å². The van der Waals surface area contributed by atoms with Crippen molar-refractivity contribution < 1.29 is 4.74 Å². The number of hydrogen-bond donors (Lipinski definition) is 1. The van der Waals surface area contributed by atoms with Gasteiger partial charge in [0, 0.05) is 19.3 Å². The summed E-state index contributed by atoms with van der Waals surface area (Å²) in [4.78, 5) is 0. The predicted molar refractivity (Wildman–Crippen MR) is 54.0 cm³/mol. The maximum absolute atomic E-state index is 5.65. The summed E-state index contributed by atoms with van der Waals surface area (Å²) < 4.78 is 7.57. The molecule has 1 saturated heterocycles. The smallest absolute Gasteiger partial charge is 0.112 e. The van der Waals surface area contributed by atoms with Gasteiger partial charge in [-0.25, -0.2) is 0 Å². The van der Waals surface area contributed by atoms with E-state index in [1.165, 1.54) is 0 Å². The van der Waals surface area contributed by atoms with Gasteiger partial charge < -0.3 is 10.1 Å². The van der Waals surface area contributed by atoms with Crippen LogP contribution in [0.15, 0.2) is 24.9 Å². The lowest BCUT2D eigenvalue weighted by Gasteiger charge is -2.24. The average Bonchev–Trinajstić information content (AvgIpc) is 2.68. The molecule has 14 heavy (non-hydrogen) atoms. The molecule has 2 heterocycles. The Kier molecular flexibility index (Phi) is 2.96. The standard InChI is InChI=1S/C10H15N3O/c1-2-6-13-9(3-4-12-13)10-8-11-5-7-14-10/h2-4,10-11H,1,5-8H2. The molecule has 1 fully saturated rings. The molecule has 2 rings (SSSR count). The van der Waals surface area contributed by atoms with Crippen molar-refractivity contribution in [2.75, 3.05) is 19.7 Å². The second kappa shape index (κ2) is 4.39. The summed E-state index contributed by atoms with van der Waals surface area (Å²) in [7, 11) is 0. The molecular weight excluding hydrogens is 178 g/mol. The van der Waals surface area contributed by atoms with E-state index in [2.05, 4.69) is 17.0 Å². The number of morpholine rings is 1. The van der Waals surface area contributed by atoms with Gasteiger partial charge in [-0.1, -0.05) is 6.08 Å². The minimum absolute atomic E-state index is 0.131. The molecule has 1 unspecified atom stereocenters. The van der Waals surface area contributed by atoms with Crippen molar-refractivity contribution in [3.63, 3.8) is 0 Å². The van der Waals surface area contributed by atoms with Gasteiger partial charge in [0.15, 0.2) is 0 Å². The van der Waals surface area contributed by atoms with Crippen LogP contribution in [-0.4, -0.2) is 29.5 Å². The van der Waals surface area contributed by atoms with Crippen LogP contribution < -0.4 is 5.32 Å². The number of rotatable bonds is 3. The summed E-state index contributed by atoms with van der Waals surface area (Å²) >= 11 is 0. The van der Waals surface area contributed by atoms with E-state index < -0.39 is 0 Å². The van der Waals surface area contributed by atoms with E-state index in [-0.39, 0.29) is 6.10 Å². The topological polar surface area (TPSA) is 39.1 Å². The van der Waals surface area contributed by atoms with E-state index in [9.17, 15) is 0 Å². The Bertz CT molecular complexity index is 302. The number of allylic oxidation sites excluding steroid dienone is 1. The Morgan fingerprint density at radius 2 is 2.71 bits per heavy atom. The molecule has 1 aliphatic rings. The van der Waals surface area contributed by atoms with Crippen LogP contribution >= 0.6 is 0 Å². The van der Waals surface area contributed by atoms with Crippen molar-refractivity contribution in [2.45, 2.75) is 12.6 Å². The van der Waals surface area contributed by atoms with Crippen molar-refractivity contribution >= 4 is 0 Å². The van der Waals surface area contributed by atoms with Crippen LogP contribution in [-0.2, 0) is 11.3 Å². The Morgan fingerprint density at radius 1 is 1.79 bits per heavy atom. The van der Waals surface area contributed by atoms with Gasteiger partial charge in [-0.3, -0.25) is 4.68 Å². The largest absolute Gasteiger partial charge is 0.369 e. The van der Waals surface area contributed by atoms with Crippen LogP contribution in [0.5, 0.6) is 0 Å². The van der Waals surface area contributed by atoms with Crippen molar-refractivity contribution in [3.05, 3.63) is 30.6 Å². The first-order valence-corrected chi connectivity index (χ1v) is 4.86. The van der Waals surface area contributed by atoms with Gasteiger partial charge >= 0.3 is 0 Å². The zero-order chi connectivity index (χ0) is 9.80. The Balaban J connectivity index is 2.12.